The van der Waals surface area contributed by atoms with Crippen LogP contribution in [0.1, 0.15) is 50.5 Å². The van der Waals surface area contributed by atoms with Crippen LogP contribution in [0.2, 0.25) is 0 Å². The Hall–Kier alpha value is -2.04. The predicted molar refractivity (Wildman–Crippen MR) is 103 cm³/mol. The van der Waals surface area contributed by atoms with Crippen LogP contribution in [-0.2, 0) is 16.1 Å². The topological polar surface area (TPSA) is 67.4 Å². The lowest BCUT2D eigenvalue weighted by Crippen LogP contribution is -2.42. The van der Waals surface area contributed by atoms with Gasteiger partial charge in [-0.25, -0.2) is 4.79 Å². The molecule has 0 heterocycles. The Morgan fingerprint density at radius 1 is 1.04 bits per heavy atom. The van der Waals surface area contributed by atoms with Crippen LogP contribution in [0.3, 0.4) is 0 Å². The van der Waals surface area contributed by atoms with Crippen molar-refractivity contribution in [2.45, 2.75) is 57.6 Å². The number of rotatable bonds is 7. The summed E-state index contributed by atoms with van der Waals surface area (Å²) in [6, 6.07) is 9.99. The van der Waals surface area contributed by atoms with Gasteiger partial charge in [-0.15, -0.1) is 0 Å². The molecule has 2 N–H and O–H groups in total. The van der Waals surface area contributed by atoms with Gasteiger partial charge in [0.1, 0.15) is 6.61 Å². The molecule has 5 heteroatoms. The highest BCUT2D eigenvalue weighted by atomic mass is 16.5. The van der Waals surface area contributed by atoms with Crippen LogP contribution >= 0.6 is 0 Å². The molecule has 5 atom stereocenters. The van der Waals surface area contributed by atoms with Crippen molar-refractivity contribution in [3.05, 3.63) is 35.9 Å². The molecule has 0 saturated heterocycles. The van der Waals surface area contributed by atoms with Crippen LogP contribution in [0.25, 0.3) is 0 Å². The molecule has 1 aromatic carbocycles. The Balaban J connectivity index is 1.09. The van der Waals surface area contributed by atoms with Gasteiger partial charge in [0.2, 0.25) is 5.91 Å². The highest BCUT2D eigenvalue weighted by Crippen LogP contribution is 2.58. The number of hydrogen-bond donors (Lipinski definition) is 2. The summed E-state index contributed by atoms with van der Waals surface area (Å²) in [5.41, 5.74) is 0.961. The molecule has 27 heavy (non-hydrogen) atoms. The number of carbonyl (C=O) groups excluding carboxylic acids is 2. The summed E-state index contributed by atoms with van der Waals surface area (Å²) < 4.78 is 5.17. The van der Waals surface area contributed by atoms with Gasteiger partial charge in [-0.2, -0.15) is 0 Å². The second-order valence-electron chi connectivity index (χ2n) is 8.42. The van der Waals surface area contributed by atoms with Crippen molar-refractivity contribution in [1.29, 1.82) is 0 Å². The molecule has 0 unspecified atom stereocenters. The van der Waals surface area contributed by atoms with Crippen LogP contribution in [0, 0.1) is 23.7 Å². The lowest BCUT2D eigenvalue weighted by atomic mass is 9.79. The number of fused-ring (bicyclic) bond motifs is 5. The van der Waals surface area contributed by atoms with E-state index in [1.54, 1.807) is 0 Å². The lowest BCUT2D eigenvalue weighted by Gasteiger charge is -2.32. The largest absolute Gasteiger partial charge is 0.445 e. The van der Waals surface area contributed by atoms with Crippen molar-refractivity contribution >= 4 is 12.0 Å². The summed E-state index contributed by atoms with van der Waals surface area (Å²) in [7, 11) is 0. The van der Waals surface area contributed by atoms with Gasteiger partial charge in [0.25, 0.3) is 0 Å². The van der Waals surface area contributed by atoms with E-state index in [1.165, 1.54) is 32.1 Å². The zero-order valence-electron chi connectivity index (χ0n) is 15.9. The Labute approximate surface area is 161 Å². The van der Waals surface area contributed by atoms with Crippen LogP contribution in [0.5, 0.6) is 0 Å². The van der Waals surface area contributed by atoms with Gasteiger partial charge >= 0.3 is 6.09 Å². The molecule has 0 aliphatic heterocycles. The van der Waals surface area contributed by atoms with Crippen molar-refractivity contribution < 1.29 is 14.3 Å². The maximum absolute atomic E-state index is 12.3. The third-order valence-electron chi connectivity index (χ3n) is 6.84. The summed E-state index contributed by atoms with van der Waals surface area (Å²) >= 11 is 0. The molecule has 5 nitrogen and oxygen atoms in total. The molecule has 3 fully saturated rings. The van der Waals surface area contributed by atoms with E-state index in [4.69, 9.17) is 4.74 Å². The van der Waals surface area contributed by atoms with Gasteiger partial charge in [-0.1, -0.05) is 36.8 Å². The van der Waals surface area contributed by atoms with E-state index < -0.39 is 6.09 Å². The first kappa shape index (κ1) is 18.3. The first-order chi connectivity index (χ1) is 13.2. The second kappa shape index (κ2) is 8.32. The van der Waals surface area contributed by atoms with E-state index in [9.17, 15) is 9.59 Å². The monoisotopic (exact) mass is 370 g/mol. The third kappa shape index (κ3) is 4.28. The van der Waals surface area contributed by atoms with Crippen LogP contribution in [-0.4, -0.2) is 24.6 Å². The molecule has 0 spiro atoms. The fourth-order valence-corrected chi connectivity index (χ4v) is 5.73. The van der Waals surface area contributed by atoms with Crippen molar-refractivity contribution in [2.75, 3.05) is 6.54 Å². The molecule has 1 aromatic rings. The first-order valence-electron chi connectivity index (χ1n) is 10.4. The standard InChI is InChI=1S/C22H30N2O3/c25-21(24-20-13-16-12-19(20)18-9-4-8-17(16)18)10-5-11-23-22(26)27-14-15-6-2-1-3-7-15/h1-3,6-7,16-20H,4-5,8-14H2,(H,23,26)(H,24,25)/t16-,17-,18+,19+,20-/m1/s1. The quantitative estimate of drug-likeness (QED) is 0.720. The first-order valence-corrected chi connectivity index (χ1v) is 10.4. The Kier molecular flexibility index (Phi) is 5.65. The summed E-state index contributed by atoms with van der Waals surface area (Å²) in [5.74, 6) is 3.53. The summed E-state index contributed by atoms with van der Waals surface area (Å²) in [4.78, 5) is 24.0. The maximum atomic E-state index is 12.3. The van der Waals surface area contributed by atoms with E-state index in [0.717, 1.165) is 29.2 Å². The second-order valence-corrected chi connectivity index (χ2v) is 8.42. The minimum absolute atomic E-state index is 0.126. The molecule has 146 valence electrons. The number of alkyl carbamates (subject to hydrolysis) is 1. The predicted octanol–water partition coefficient (Wildman–Crippen LogP) is 3.63. The lowest BCUT2D eigenvalue weighted by molar-refractivity contribution is -0.122. The fourth-order valence-electron chi connectivity index (χ4n) is 5.73. The Morgan fingerprint density at radius 3 is 2.70 bits per heavy atom. The average molecular weight is 370 g/mol. The number of nitrogens with one attached hydrogen (secondary N) is 2. The van der Waals surface area contributed by atoms with E-state index >= 15 is 0 Å². The van der Waals surface area contributed by atoms with Crippen LogP contribution in [0.4, 0.5) is 4.79 Å². The van der Waals surface area contributed by atoms with E-state index in [0.29, 0.717) is 25.4 Å². The normalized spacial score (nSPS) is 30.7. The smallest absolute Gasteiger partial charge is 0.407 e. The highest BCUT2D eigenvalue weighted by molar-refractivity contribution is 5.76. The molecule has 4 rings (SSSR count). The molecule has 3 aliphatic carbocycles. The van der Waals surface area contributed by atoms with Gasteiger partial charge in [0, 0.05) is 19.0 Å². The fraction of sp³-hybridized carbons (Fsp3) is 0.636. The third-order valence-corrected chi connectivity index (χ3v) is 6.84. The Morgan fingerprint density at radius 2 is 1.85 bits per heavy atom. The van der Waals surface area contributed by atoms with E-state index in [-0.39, 0.29) is 12.5 Å². The maximum Gasteiger partial charge on any atom is 0.407 e. The number of amides is 2. The van der Waals surface area contributed by atoms with E-state index in [1.807, 2.05) is 30.3 Å². The molecular formula is C22H30N2O3. The number of carbonyl (C=O) groups is 2. The van der Waals surface area contributed by atoms with Gasteiger partial charge in [0.15, 0.2) is 0 Å². The van der Waals surface area contributed by atoms with Gasteiger partial charge in [-0.05, 0) is 61.3 Å². The minimum Gasteiger partial charge on any atom is -0.445 e. The molecule has 2 amide bonds. The van der Waals surface area contributed by atoms with Crippen LogP contribution in [0.15, 0.2) is 30.3 Å². The summed E-state index contributed by atoms with van der Waals surface area (Å²) in [6.45, 7) is 0.724. The highest BCUT2D eigenvalue weighted by Gasteiger charge is 2.53. The van der Waals surface area contributed by atoms with Gasteiger partial charge in [-0.3, -0.25) is 4.79 Å². The van der Waals surface area contributed by atoms with Crippen molar-refractivity contribution in [3.63, 3.8) is 0 Å². The minimum atomic E-state index is -0.431. The van der Waals surface area contributed by atoms with Crippen molar-refractivity contribution in [3.8, 4) is 0 Å². The SMILES string of the molecule is O=C(CCCNC(=O)OCc1ccccc1)N[C@@H]1C[C@H]2C[C@H]1[C@H]1CCC[C@H]21. The molecular weight excluding hydrogens is 340 g/mol. The molecule has 3 saturated carbocycles. The summed E-state index contributed by atoms with van der Waals surface area (Å²) in [5, 5.41) is 5.99. The van der Waals surface area contributed by atoms with Gasteiger partial charge in [0.05, 0.1) is 0 Å². The van der Waals surface area contributed by atoms with Crippen molar-refractivity contribution in [2.24, 2.45) is 23.7 Å². The zero-order chi connectivity index (χ0) is 18.6. The van der Waals surface area contributed by atoms with Gasteiger partial charge < -0.3 is 15.4 Å². The number of hydrogen-bond acceptors (Lipinski definition) is 3. The molecule has 2 bridgehead atoms. The van der Waals surface area contributed by atoms with E-state index in [2.05, 4.69) is 10.6 Å². The molecule has 0 aromatic heterocycles. The molecule has 0 radical (unpaired) electrons. The van der Waals surface area contributed by atoms with Crippen LogP contribution < -0.4 is 10.6 Å². The number of ether oxygens (including phenoxy) is 1. The zero-order valence-corrected chi connectivity index (χ0v) is 15.9. The number of benzene rings is 1. The van der Waals surface area contributed by atoms with Crippen molar-refractivity contribution in [1.82, 2.24) is 10.6 Å². The Bertz CT molecular complexity index is 663. The average Bonchev–Trinajstić information content (AvgIpc) is 3.38. The molecule has 3 aliphatic rings. The summed E-state index contributed by atoms with van der Waals surface area (Å²) in [6.07, 6.45) is 7.34.